The van der Waals surface area contributed by atoms with Gasteiger partial charge in [-0.25, -0.2) is 4.79 Å². The van der Waals surface area contributed by atoms with Crippen molar-refractivity contribution in [3.05, 3.63) is 45.9 Å². The summed E-state index contributed by atoms with van der Waals surface area (Å²) in [5, 5.41) is 6.89. The van der Waals surface area contributed by atoms with E-state index in [0.29, 0.717) is 24.3 Å². The molecule has 0 saturated carbocycles. The molecular weight excluding hydrogens is 448 g/mol. The highest BCUT2D eigenvalue weighted by atomic mass is 16.5. The maximum Gasteiger partial charge on any atom is 0.328 e. The molecule has 3 heterocycles. The second-order valence-electron chi connectivity index (χ2n) is 9.00. The Labute approximate surface area is 205 Å². The average Bonchev–Trinajstić information content (AvgIpc) is 3.16. The van der Waals surface area contributed by atoms with E-state index in [1.54, 1.807) is 4.57 Å². The van der Waals surface area contributed by atoms with Crippen LogP contribution >= 0.6 is 0 Å². The van der Waals surface area contributed by atoms with Crippen LogP contribution in [0.25, 0.3) is 11.2 Å². The molecule has 0 unspecified atom stereocenters. The van der Waals surface area contributed by atoms with E-state index in [4.69, 9.17) is 20.4 Å². The number of rotatable bonds is 9. The molecule has 35 heavy (non-hydrogen) atoms. The lowest BCUT2D eigenvalue weighted by Crippen LogP contribution is -2.34. The molecule has 1 aromatic carbocycles. The fourth-order valence-electron chi connectivity index (χ4n) is 4.12. The van der Waals surface area contributed by atoms with Crippen LogP contribution in [0.4, 0.5) is 5.82 Å². The minimum absolute atomic E-state index is 0.207. The highest BCUT2D eigenvalue weighted by Gasteiger charge is 2.16. The third kappa shape index (κ3) is 7.29. The molecule has 3 aromatic rings. The number of benzene rings is 1. The smallest absolute Gasteiger partial charge is 0.328 e. The fraction of sp³-hybridized carbons (Fsp3) is 0.520. The third-order valence-corrected chi connectivity index (χ3v) is 6.32. The lowest BCUT2D eigenvalue weighted by atomic mass is 9.99. The molecule has 0 radical (unpaired) electrons. The first-order valence-electron chi connectivity index (χ1n) is 12.2. The normalized spacial score (nSPS) is 14.5. The van der Waals surface area contributed by atoms with Crippen molar-refractivity contribution in [2.24, 2.45) is 5.92 Å². The van der Waals surface area contributed by atoms with E-state index in [0.717, 1.165) is 37.3 Å². The van der Waals surface area contributed by atoms with Gasteiger partial charge in [-0.05, 0) is 55.8 Å². The molecule has 4 rings (SSSR count). The molecule has 0 bridgehead atoms. The Morgan fingerprint density at radius 2 is 1.86 bits per heavy atom. The van der Waals surface area contributed by atoms with Gasteiger partial charge >= 0.3 is 11.7 Å². The molecule has 0 spiro atoms. The second kappa shape index (κ2) is 12.9. The fourth-order valence-corrected chi connectivity index (χ4v) is 4.12. The number of H-pyrrole nitrogens is 1. The van der Waals surface area contributed by atoms with Gasteiger partial charge in [0.25, 0.3) is 6.47 Å². The zero-order valence-electron chi connectivity index (χ0n) is 20.6. The summed E-state index contributed by atoms with van der Waals surface area (Å²) in [5.41, 5.74) is 9.06. The Kier molecular flexibility index (Phi) is 9.66. The first kappa shape index (κ1) is 26.2. The number of fused-ring (bicyclic) bond motifs is 1. The van der Waals surface area contributed by atoms with E-state index in [1.165, 1.54) is 31.5 Å². The summed E-state index contributed by atoms with van der Waals surface area (Å²) in [6, 6.07) is 8.69. The van der Waals surface area contributed by atoms with Gasteiger partial charge in [-0.2, -0.15) is 9.97 Å². The van der Waals surface area contributed by atoms with E-state index in [9.17, 15) is 4.79 Å². The average molecular weight is 485 g/mol. The number of aromatic nitrogens is 4. The number of unbranched alkanes of at least 4 members (excludes halogenated alkanes) is 1. The van der Waals surface area contributed by atoms with Gasteiger partial charge < -0.3 is 25.5 Å². The summed E-state index contributed by atoms with van der Waals surface area (Å²) in [7, 11) is 0. The van der Waals surface area contributed by atoms with Crippen LogP contribution in [0.15, 0.2) is 29.1 Å². The second-order valence-corrected chi connectivity index (χ2v) is 9.00. The third-order valence-electron chi connectivity index (χ3n) is 6.32. The Balaban J connectivity index is 0.00000108. The topological polar surface area (TPSA) is 139 Å². The molecule has 0 amide bonds. The molecule has 190 valence electrons. The van der Waals surface area contributed by atoms with E-state index in [-0.39, 0.29) is 24.0 Å². The van der Waals surface area contributed by atoms with Crippen molar-refractivity contribution in [2.45, 2.75) is 52.5 Å². The van der Waals surface area contributed by atoms with Gasteiger partial charge in [0.1, 0.15) is 5.52 Å². The zero-order valence-corrected chi connectivity index (χ0v) is 20.6. The maximum absolute atomic E-state index is 12.6. The van der Waals surface area contributed by atoms with Crippen LogP contribution in [0.3, 0.4) is 0 Å². The Hall–Kier alpha value is -3.40. The van der Waals surface area contributed by atoms with Gasteiger partial charge in [0.15, 0.2) is 11.5 Å². The predicted octanol–water partition coefficient (Wildman–Crippen LogP) is 2.90. The van der Waals surface area contributed by atoms with E-state index in [2.05, 4.69) is 58.0 Å². The van der Waals surface area contributed by atoms with Gasteiger partial charge in [0.2, 0.25) is 0 Å². The van der Waals surface area contributed by atoms with Crippen LogP contribution in [-0.4, -0.2) is 62.2 Å². The number of nitrogens with zero attached hydrogens (tertiary/aromatic N) is 4. The molecule has 0 aliphatic carbocycles. The van der Waals surface area contributed by atoms with Crippen LogP contribution in [0.1, 0.15) is 50.7 Å². The minimum atomic E-state index is -0.255. The summed E-state index contributed by atoms with van der Waals surface area (Å²) in [6.45, 7) is 8.63. The number of imidazole rings is 1. The Morgan fingerprint density at radius 3 is 2.51 bits per heavy atom. The molecular formula is C25H36N6O4. The summed E-state index contributed by atoms with van der Waals surface area (Å²) >= 11 is 0. The zero-order chi connectivity index (χ0) is 25.2. The molecule has 1 fully saturated rings. The van der Waals surface area contributed by atoms with E-state index >= 15 is 0 Å². The van der Waals surface area contributed by atoms with Crippen LogP contribution in [0, 0.1) is 5.92 Å². The number of piperidine rings is 1. The SMILES string of the molecule is CCCCOc1nc(N)c2[nH]c(=O)n(Cc3ccc(CCN4CCC(C)CC4)cc3)c2n1.O=CO. The predicted molar refractivity (Wildman–Crippen MR) is 136 cm³/mol. The van der Waals surface area contributed by atoms with Gasteiger partial charge in [-0.3, -0.25) is 9.36 Å². The van der Waals surface area contributed by atoms with Crippen molar-refractivity contribution < 1.29 is 14.6 Å². The summed E-state index contributed by atoms with van der Waals surface area (Å²) < 4.78 is 7.20. The lowest BCUT2D eigenvalue weighted by molar-refractivity contribution is -0.122. The standard InChI is InChI=1S/C24H34N6O2.CH2O2/c1-3-4-15-32-23-27-21(25)20-22(28-23)30(24(31)26-20)16-19-7-5-18(6-8-19)11-14-29-12-9-17(2)10-13-29;2-1-3/h5-8,17H,3-4,9-16H2,1-2H3,(H,26,31)(H2,25,27,28);1H,(H,2,3). The Bertz CT molecular complexity index is 1130. The van der Waals surface area contributed by atoms with Crippen molar-refractivity contribution in [3.8, 4) is 6.01 Å². The first-order chi connectivity index (χ1) is 16.9. The highest BCUT2D eigenvalue weighted by Crippen LogP contribution is 2.19. The van der Waals surface area contributed by atoms with Crippen molar-refractivity contribution in [1.29, 1.82) is 0 Å². The number of nitrogens with one attached hydrogen (secondary N) is 1. The number of hydrogen-bond donors (Lipinski definition) is 3. The molecule has 1 aliphatic rings. The minimum Gasteiger partial charge on any atom is -0.483 e. The Morgan fingerprint density at radius 1 is 1.20 bits per heavy atom. The monoisotopic (exact) mass is 484 g/mol. The van der Waals surface area contributed by atoms with E-state index < -0.39 is 0 Å². The van der Waals surface area contributed by atoms with Crippen molar-refractivity contribution in [1.82, 2.24) is 24.4 Å². The number of ether oxygens (including phenoxy) is 1. The van der Waals surface area contributed by atoms with Gasteiger partial charge in [-0.15, -0.1) is 0 Å². The van der Waals surface area contributed by atoms with Gasteiger partial charge in [-0.1, -0.05) is 44.5 Å². The number of carbonyl (C=O) groups is 1. The van der Waals surface area contributed by atoms with E-state index in [1.807, 2.05) is 0 Å². The van der Waals surface area contributed by atoms with Gasteiger partial charge in [0.05, 0.1) is 13.2 Å². The number of aromatic amines is 1. The quantitative estimate of drug-likeness (QED) is 0.311. The number of hydrogen-bond acceptors (Lipinski definition) is 7. The number of nitrogen functional groups attached to an aromatic ring is 1. The van der Waals surface area contributed by atoms with Crippen molar-refractivity contribution in [2.75, 3.05) is 32.0 Å². The number of carboxylic acid groups (broad SMARTS) is 1. The summed E-state index contributed by atoms with van der Waals surface area (Å²) in [6.07, 6.45) is 5.57. The van der Waals surface area contributed by atoms with Crippen LogP contribution < -0.4 is 16.2 Å². The lowest BCUT2D eigenvalue weighted by Gasteiger charge is -2.30. The van der Waals surface area contributed by atoms with Crippen LogP contribution in [0.2, 0.25) is 0 Å². The first-order valence-corrected chi connectivity index (χ1v) is 12.2. The van der Waals surface area contributed by atoms with Crippen LogP contribution in [0.5, 0.6) is 6.01 Å². The maximum atomic E-state index is 12.6. The van der Waals surface area contributed by atoms with Crippen molar-refractivity contribution >= 4 is 23.5 Å². The largest absolute Gasteiger partial charge is 0.483 e. The molecule has 0 atom stereocenters. The van der Waals surface area contributed by atoms with Crippen molar-refractivity contribution in [3.63, 3.8) is 0 Å². The number of nitrogens with two attached hydrogens (primary N) is 1. The molecule has 2 aromatic heterocycles. The molecule has 10 heteroatoms. The summed E-state index contributed by atoms with van der Waals surface area (Å²) in [4.78, 5) is 34.9. The summed E-state index contributed by atoms with van der Waals surface area (Å²) in [5.74, 6) is 1.08. The molecule has 4 N–H and O–H groups in total. The number of likely N-dealkylation sites (tertiary alicyclic amines) is 1. The molecule has 10 nitrogen and oxygen atoms in total. The van der Waals surface area contributed by atoms with Gasteiger partial charge in [0, 0.05) is 6.54 Å². The molecule has 1 aliphatic heterocycles. The molecule has 1 saturated heterocycles. The van der Waals surface area contributed by atoms with Crippen LogP contribution in [-0.2, 0) is 17.8 Å². The number of anilines is 1. The highest BCUT2D eigenvalue weighted by molar-refractivity contribution is 5.81.